The van der Waals surface area contributed by atoms with Crippen molar-refractivity contribution in [2.24, 2.45) is 5.92 Å². The quantitative estimate of drug-likeness (QED) is 0.793. The Morgan fingerprint density at radius 3 is 2.33 bits per heavy atom. The van der Waals surface area contributed by atoms with Crippen LogP contribution in [0.15, 0.2) is 0 Å². The number of nitrogens with zero attached hydrogens (tertiary/aromatic N) is 4. The summed E-state index contributed by atoms with van der Waals surface area (Å²) in [4.78, 5) is 14.4. The van der Waals surface area contributed by atoms with Crippen molar-refractivity contribution < 1.29 is 13.2 Å². The molecule has 1 aromatic heterocycles. The van der Waals surface area contributed by atoms with Gasteiger partial charge < -0.3 is 4.90 Å². The van der Waals surface area contributed by atoms with E-state index in [1.807, 2.05) is 32.5 Å². The van der Waals surface area contributed by atoms with Gasteiger partial charge in [-0.1, -0.05) is 0 Å². The highest BCUT2D eigenvalue weighted by molar-refractivity contribution is 7.88. The van der Waals surface area contributed by atoms with Gasteiger partial charge in [-0.25, -0.2) is 12.7 Å². The van der Waals surface area contributed by atoms with Crippen molar-refractivity contribution in [2.45, 2.75) is 46.7 Å². The van der Waals surface area contributed by atoms with E-state index in [2.05, 4.69) is 5.10 Å². The normalized spacial score (nSPS) is 17.2. The van der Waals surface area contributed by atoms with E-state index in [9.17, 15) is 13.2 Å². The van der Waals surface area contributed by atoms with Gasteiger partial charge in [0.1, 0.15) is 0 Å². The maximum atomic E-state index is 12.7. The van der Waals surface area contributed by atoms with Crippen LogP contribution in [-0.4, -0.2) is 59.7 Å². The van der Waals surface area contributed by atoms with Crippen LogP contribution in [0.3, 0.4) is 0 Å². The molecule has 0 aromatic carbocycles. The molecule has 0 aliphatic carbocycles. The molecule has 1 saturated heterocycles. The third-order valence-electron chi connectivity index (χ3n) is 4.87. The second-order valence-corrected chi connectivity index (χ2v) is 8.58. The van der Waals surface area contributed by atoms with Gasteiger partial charge in [0.25, 0.3) is 0 Å². The van der Waals surface area contributed by atoms with Crippen LogP contribution in [-0.2, 0) is 27.9 Å². The molecule has 1 aromatic rings. The van der Waals surface area contributed by atoms with Crippen molar-refractivity contribution in [3.63, 3.8) is 0 Å². The van der Waals surface area contributed by atoms with Crippen LogP contribution in [0.5, 0.6) is 0 Å². The molecule has 0 unspecified atom stereocenters. The number of carbonyl (C=O) groups is 1. The Morgan fingerprint density at radius 1 is 1.29 bits per heavy atom. The van der Waals surface area contributed by atoms with E-state index >= 15 is 0 Å². The van der Waals surface area contributed by atoms with Gasteiger partial charge >= 0.3 is 0 Å². The Kier molecular flexibility index (Phi) is 5.70. The molecule has 1 fully saturated rings. The lowest BCUT2D eigenvalue weighted by Crippen LogP contribution is -2.43. The number of aromatic nitrogens is 2. The van der Waals surface area contributed by atoms with Crippen molar-refractivity contribution in [1.82, 2.24) is 19.0 Å². The molecule has 0 atom stereocenters. The lowest BCUT2D eigenvalue weighted by Gasteiger charge is -2.31. The van der Waals surface area contributed by atoms with Gasteiger partial charge in [0.05, 0.1) is 11.9 Å². The summed E-state index contributed by atoms with van der Waals surface area (Å²) in [6.07, 6.45) is 2.39. The second kappa shape index (κ2) is 7.23. The molecule has 1 amide bonds. The minimum Gasteiger partial charge on any atom is -0.341 e. The Bertz CT molecular complexity index is 703. The highest BCUT2D eigenvalue weighted by Crippen LogP contribution is 2.23. The van der Waals surface area contributed by atoms with Crippen molar-refractivity contribution in [2.75, 3.05) is 26.4 Å². The molecule has 136 valence electrons. The summed E-state index contributed by atoms with van der Waals surface area (Å²) in [5.41, 5.74) is 3.16. The number of sulfonamides is 1. The third-order valence-corrected chi connectivity index (χ3v) is 6.18. The van der Waals surface area contributed by atoms with E-state index in [1.54, 1.807) is 4.90 Å². The lowest BCUT2D eigenvalue weighted by atomic mass is 9.96. The van der Waals surface area contributed by atoms with Crippen LogP contribution in [0.4, 0.5) is 0 Å². The number of aryl methyl sites for hydroxylation is 2. The highest BCUT2D eigenvalue weighted by atomic mass is 32.2. The Labute approximate surface area is 144 Å². The monoisotopic (exact) mass is 356 g/mol. The molecular weight excluding hydrogens is 328 g/mol. The zero-order valence-electron chi connectivity index (χ0n) is 15.2. The molecule has 2 rings (SSSR count). The summed E-state index contributed by atoms with van der Waals surface area (Å²) >= 11 is 0. The SMILES string of the molecule is CCn1nc(C)c(CN(C)C(=O)C2CCN(S(C)(=O)=O)CC2)c1C. The van der Waals surface area contributed by atoms with Gasteiger partial charge in [0.2, 0.25) is 15.9 Å². The van der Waals surface area contributed by atoms with Crippen LogP contribution >= 0.6 is 0 Å². The molecule has 0 N–H and O–H groups in total. The van der Waals surface area contributed by atoms with E-state index in [4.69, 9.17) is 0 Å². The Hall–Kier alpha value is -1.41. The smallest absolute Gasteiger partial charge is 0.225 e. The third kappa shape index (κ3) is 3.97. The van der Waals surface area contributed by atoms with E-state index < -0.39 is 10.0 Å². The Balaban J connectivity index is 2.00. The van der Waals surface area contributed by atoms with Crippen LogP contribution in [0.1, 0.15) is 36.7 Å². The molecule has 0 spiro atoms. The van der Waals surface area contributed by atoms with Gasteiger partial charge in [-0.2, -0.15) is 5.10 Å². The number of hydrogen-bond donors (Lipinski definition) is 0. The molecule has 8 heteroatoms. The summed E-state index contributed by atoms with van der Waals surface area (Å²) in [5.74, 6) is -0.0129. The van der Waals surface area contributed by atoms with Gasteiger partial charge in [0, 0.05) is 50.4 Å². The van der Waals surface area contributed by atoms with E-state index in [0.717, 1.165) is 23.5 Å². The zero-order valence-corrected chi connectivity index (χ0v) is 16.1. The minimum absolute atomic E-state index is 0.0891. The zero-order chi connectivity index (χ0) is 18.1. The summed E-state index contributed by atoms with van der Waals surface area (Å²) in [7, 11) is -1.34. The van der Waals surface area contributed by atoms with Crippen LogP contribution in [0, 0.1) is 19.8 Å². The van der Waals surface area contributed by atoms with E-state index in [0.29, 0.717) is 32.5 Å². The summed E-state index contributed by atoms with van der Waals surface area (Å²) in [5, 5.41) is 4.50. The maximum absolute atomic E-state index is 12.7. The summed E-state index contributed by atoms with van der Waals surface area (Å²) < 4.78 is 26.5. The summed E-state index contributed by atoms with van der Waals surface area (Å²) in [6, 6.07) is 0. The number of amides is 1. The topological polar surface area (TPSA) is 75.5 Å². The maximum Gasteiger partial charge on any atom is 0.225 e. The molecule has 0 bridgehead atoms. The van der Waals surface area contributed by atoms with Gasteiger partial charge in [0.15, 0.2) is 0 Å². The van der Waals surface area contributed by atoms with Gasteiger partial charge in [-0.05, 0) is 33.6 Å². The molecule has 1 aliphatic rings. The van der Waals surface area contributed by atoms with Gasteiger partial charge in [-0.3, -0.25) is 9.48 Å². The van der Waals surface area contributed by atoms with E-state index in [-0.39, 0.29) is 11.8 Å². The molecular formula is C16H28N4O3S. The first-order chi connectivity index (χ1) is 11.1. The number of rotatable bonds is 5. The van der Waals surface area contributed by atoms with Crippen LogP contribution in [0.25, 0.3) is 0 Å². The minimum atomic E-state index is -3.16. The first-order valence-electron chi connectivity index (χ1n) is 8.38. The fourth-order valence-electron chi connectivity index (χ4n) is 3.33. The molecule has 24 heavy (non-hydrogen) atoms. The van der Waals surface area contributed by atoms with E-state index in [1.165, 1.54) is 10.6 Å². The van der Waals surface area contributed by atoms with Gasteiger partial charge in [-0.15, -0.1) is 0 Å². The van der Waals surface area contributed by atoms with Crippen LogP contribution in [0.2, 0.25) is 0 Å². The van der Waals surface area contributed by atoms with Crippen molar-refractivity contribution in [3.8, 4) is 0 Å². The van der Waals surface area contributed by atoms with Crippen molar-refractivity contribution in [3.05, 3.63) is 17.0 Å². The summed E-state index contributed by atoms with van der Waals surface area (Å²) in [6.45, 7) is 8.26. The molecule has 1 aliphatic heterocycles. The number of piperidine rings is 1. The molecule has 7 nitrogen and oxygen atoms in total. The predicted molar refractivity (Wildman–Crippen MR) is 93.0 cm³/mol. The standard InChI is InChI=1S/C16H28N4O3S/c1-6-20-13(3)15(12(2)17-20)11-18(4)16(21)14-7-9-19(10-8-14)24(5,22)23/h14H,6-11H2,1-5H3. The van der Waals surface area contributed by atoms with Crippen molar-refractivity contribution in [1.29, 1.82) is 0 Å². The molecule has 0 saturated carbocycles. The average molecular weight is 356 g/mol. The first kappa shape index (κ1) is 18.9. The predicted octanol–water partition coefficient (Wildman–Crippen LogP) is 1.15. The van der Waals surface area contributed by atoms with Crippen molar-refractivity contribution >= 4 is 15.9 Å². The second-order valence-electron chi connectivity index (χ2n) is 6.60. The average Bonchev–Trinajstić information content (AvgIpc) is 2.80. The fourth-order valence-corrected chi connectivity index (χ4v) is 4.21. The fraction of sp³-hybridized carbons (Fsp3) is 0.750. The molecule has 0 radical (unpaired) electrons. The number of carbonyl (C=O) groups excluding carboxylic acids is 1. The molecule has 2 heterocycles. The first-order valence-corrected chi connectivity index (χ1v) is 10.2. The Morgan fingerprint density at radius 2 is 1.88 bits per heavy atom. The lowest BCUT2D eigenvalue weighted by molar-refractivity contribution is -0.135. The highest BCUT2D eigenvalue weighted by Gasteiger charge is 2.30. The van der Waals surface area contributed by atoms with Crippen LogP contribution < -0.4 is 0 Å². The largest absolute Gasteiger partial charge is 0.341 e. The number of hydrogen-bond acceptors (Lipinski definition) is 4.